The fraction of sp³-hybridized carbons (Fsp3) is 0.200. The van der Waals surface area contributed by atoms with Crippen LogP contribution in [-0.4, -0.2) is 5.11 Å². The van der Waals surface area contributed by atoms with Crippen molar-refractivity contribution in [1.82, 2.24) is 0 Å². The first-order valence-corrected chi connectivity index (χ1v) is 3.76. The molecule has 0 aliphatic carbocycles. The van der Waals surface area contributed by atoms with Gasteiger partial charge in [0.1, 0.15) is 17.4 Å². The van der Waals surface area contributed by atoms with Crippen LogP contribution in [0, 0.1) is 0 Å². The summed E-state index contributed by atoms with van der Waals surface area (Å²) >= 11 is 0. The molecule has 0 radical (unpaired) electrons. The Morgan fingerprint density at radius 1 is 1.50 bits per heavy atom. The molecule has 1 aromatic carbocycles. The Bertz CT molecular complexity index is 435. The number of benzene rings is 1. The quantitative estimate of drug-likeness (QED) is 0.702. The molecule has 2 nitrogen and oxygen atoms in total. The van der Waals surface area contributed by atoms with Crippen LogP contribution < -0.4 is 0 Å². The lowest BCUT2D eigenvalue weighted by molar-refractivity contribution is 0.172. The summed E-state index contributed by atoms with van der Waals surface area (Å²) in [6, 6.07) is 5.04. The molecule has 0 spiro atoms. The third-order valence-electron chi connectivity index (χ3n) is 1.74. The van der Waals surface area contributed by atoms with Crippen LogP contribution in [0.3, 0.4) is 0 Å². The number of rotatable bonds is 1. The lowest BCUT2D eigenvalue weighted by atomic mass is 10.2. The number of fused-ring (bicyclic) bond motifs is 1. The van der Waals surface area contributed by atoms with Gasteiger partial charge in [0.25, 0.3) is 0 Å². The van der Waals surface area contributed by atoms with E-state index in [4.69, 9.17) is 7.16 Å². The molecule has 2 heteroatoms. The van der Waals surface area contributed by atoms with Crippen LogP contribution in [0.1, 0.15) is 21.5 Å². The number of hydrogen-bond donors (Lipinski definition) is 1. The van der Waals surface area contributed by atoms with Crippen molar-refractivity contribution >= 4 is 11.0 Å². The maximum absolute atomic E-state index is 9.28. The zero-order chi connectivity index (χ0) is 10.3. The standard InChI is InChI=1S/C10H10O2/c1-7(11)10-6-8-4-2-3-5-9(8)12-10/h2-7,11H,1H3/i2D,3D. The van der Waals surface area contributed by atoms with E-state index in [2.05, 4.69) is 0 Å². The van der Waals surface area contributed by atoms with Crippen LogP contribution in [0.4, 0.5) is 0 Å². The first kappa shape index (κ1) is 5.38. The van der Waals surface area contributed by atoms with Crippen LogP contribution in [0.25, 0.3) is 11.0 Å². The summed E-state index contributed by atoms with van der Waals surface area (Å²) in [5.41, 5.74) is 0.543. The molecule has 0 saturated heterocycles. The van der Waals surface area contributed by atoms with Gasteiger partial charge in [-0.15, -0.1) is 0 Å². The molecule has 2 rings (SSSR count). The smallest absolute Gasteiger partial charge is 0.134 e. The Hall–Kier alpha value is -1.28. The van der Waals surface area contributed by atoms with Crippen LogP contribution in [0.2, 0.25) is 0 Å². The maximum Gasteiger partial charge on any atom is 0.134 e. The number of hydrogen-bond acceptors (Lipinski definition) is 2. The lowest BCUT2D eigenvalue weighted by Crippen LogP contribution is -1.85. The van der Waals surface area contributed by atoms with Gasteiger partial charge in [0.05, 0.1) is 2.74 Å². The van der Waals surface area contributed by atoms with Crippen molar-refractivity contribution in [1.29, 1.82) is 0 Å². The van der Waals surface area contributed by atoms with E-state index in [0.717, 1.165) is 5.39 Å². The fourth-order valence-corrected chi connectivity index (χ4v) is 1.10. The van der Waals surface area contributed by atoms with Crippen LogP contribution in [0.15, 0.2) is 34.7 Å². The van der Waals surface area contributed by atoms with Crippen molar-refractivity contribution in [3.05, 3.63) is 36.0 Å². The Kier molecular flexibility index (Phi) is 1.19. The minimum atomic E-state index is -0.661. The highest BCUT2D eigenvalue weighted by atomic mass is 16.4. The molecule has 0 amide bonds. The molecule has 0 aliphatic rings. The van der Waals surface area contributed by atoms with E-state index in [1.165, 1.54) is 6.07 Å². The summed E-state index contributed by atoms with van der Waals surface area (Å²) in [6.07, 6.45) is -0.661. The van der Waals surface area contributed by atoms with Crippen molar-refractivity contribution < 1.29 is 12.3 Å². The molecule has 0 saturated carbocycles. The van der Waals surface area contributed by atoms with Crippen molar-refractivity contribution in [3.63, 3.8) is 0 Å². The molecule has 0 fully saturated rings. The molecule has 12 heavy (non-hydrogen) atoms. The molecule has 62 valence electrons. The van der Waals surface area contributed by atoms with Crippen LogP contribution in [0.5, 0.6) is 0 Å². The first-order chi connectivity index (χ1) is 6.58. The molecule has 1 unspecified atom stereocenters. The number of aliphatic hydroxyl groups is 1. The summed E-state index contributed by atoms with van der Waals surface area (Å²) in [5.74, 6) is 0.463. The van der Waals surface area contributed by atoms with E-state index in [1.807, 2.05) is 0 Å². The molecular weight excluding hydrogens is 152 g/mol. The molecule has 1 aromatic heterocycles. The summed E-state index contributed by atoms with van der Waals surface area (Å²) in [4.78, 5) is 0. The maximum atomic E-state index is 9.28. The van der Waals surface area contributed by atoms with Crippen molar-refractivity contribution in [2.24, 2.45) is 0 Å². The van der Waals surface area contributed by atoms with Crippen molar-refractivity contribution in [2.45, 2.75) is 13.0 Å². The van der Waals surface area contributed by atoms with Gasteiger partial charge in [-0.05, 0) is 19.1 Å². The van der Waals surface area contributed by atoms with Gasteiger partial charge in [-0.1, -0.05) is 18.2 Å². The highest BCUT2D eigenvalue weighted by molar-refractivity contribution is 5.77. The van der Waals surface area contributed by atoms with E-state index >= 15 is 0 Å². The second-order valence-corrected chi connectivity index (χ2v) is 2.72. The Morgan fingerprint density at radius 2 is 2.25 bits per heavy atom. The summed E-state index contributed by atoms with van der Waals surface area (Å²) in [7, 11) is 0. The zero-order valence-electron chi connectivity index (χ0n) is 8.66. The van der Waals surface area contributed by atoms with Gasteiger partial charge < -0.3 is 9.52 Å². The molecule has 2 aromatic rings. The van der Waals surface area contributed by atoms with Gasteiger partial charge in [0, 0.05) is 5.39 Å². The molecule has 1 atom stereocenters. The Morgan fingerprint density at radius 3 is 3.00 bits per heavy atom. The molecule has 0 bridgehead atoms. The minimum absolute atomic E-state index is 0.129. The third-order valence-corrected chi connectivity index (χ3v) is 1.74. The number of aliphatic hydroxyl groups excluding tert-OH is 1. The first-order valence-electron chi connectivity index (χ1n) is 4.76. The monoisotopic (exact) mass is 164 g/mol. The van der Waals surface area contributed by atoms with E-state index in [0.29, 0.717) is 11.3 Å². The molecule has 1 N–H and O–H groups in total. The average molecular weight is 164 g/mol. The average Bonchev–Trinajstić information content (AvgIpc) is 2.48. The van der Waals surface area contributed by atoms with E-state index in [9.17, 15) is 5.11 Å². The van der Waals surface area contributed by atoms with Crippen molar-refractivity contribution in [2.75, 3.05) is 0 Å². The van der Waals surface area contributed by atoms with Gasteiger partial charge in [0.15, 0.2) is 0 Å². The highest BCUT2D eigenvalue weighted by Crippen LogP contribution is 2.22. The van der Waals surface area contributed by atoms with Crippen LogP contribution in [-0.2, 0) is 0 Å². The third kappa shape index (κ3) is 1.10. The van der Waals surface area contributed by atoms with E-state index in [-0.39, 0.29) is 12.1 Å². The van der Waals surface area contributed by atoms with Crippen molar-refractivity contribution in [3.8, 4) is 0 Å². The fourth-order valence-electron chi connectivity index (χ4n) is 1.10. The predicted octanol–water partition coefficient (Wildman–Crippen LogP) is 2.49. The van der Waals surface area contributed by atoms with Gasteiger partial charge >= 0.3 is 0 Å². The molecule has 0 aliphatic heterocycles. The summed E-state index contributed by atoms with van der Waals surface area (Å²) < 4.78 is 20.1. The van der Waals surface area contributed by atoms with Gasteiger partial charge in [-0.3, -0.25) is 0 Å². The summed E-state index contributed by atoms with van der Waals surface area (Å²) in [5, 5.41) is 10.0. The Balaban J connectivity index is 2.66. The van der Waals surface area contributed by atoms with E-state index in [1.54, 1.807) is 19.1 Å². The number of para-hydroxylation sites is 1. The van der Waals surface area contributed by atoms with Gasteiger partial charge in [-0.25, -0.2) is 0 Å². The second-order valence-electron chi connectivity index (χ2n) is 2.72. The van der Waals surface area contributed by atoms with E-state index < -0.39 is 6.10 Å². The SMILES string of the molecule is [2H]c1cc2cc(C(C)O)oc2cc1[2H]. The van der Waals surface area contributed by atoms with Gasteiger partial charge in [-0.2, -0.15) is 0 Å². The molecular formula is C10H10O2. The normalized spacial score (nSPS) is 15.8. The Labute approximate surface area is 73.2 Å². The van der Waals surface area contributed by atoms with Gasteiger partial charge in [0.2, 0.25) is 0 Å². The largest absolute Gasteiger partial charge is 0.458 e. The van der Waals surface area contributed by atoms with Crippen LogP contribution >= 0.6 is 0 Å². The zero-order valence-corrected chi connectivity index (χ0v) is 6.66. The summed E-state index contributed by atoms with van der Waals surface area (Å²) in [6.45, 7) is 1.61. The predicted molar refractivity (Wildman–Crippen MR) is 46.8 cm³/mol. The topological polar surface area (TPSA) is 33.4 Å². The second kappa shape index (κ2) is 2.64. The molecule has 1 heterocycles. The minimum Gasteiger partial charge on any atom is -0.458 e. The number of furan rings is 1. The highest BCUT2D eigenvalue weighted by Gasteiger charge is 2.06. The lowest BCUT2D eigenvalue weighted by Gasteiger charge is -1.95.